The lowest BCUT2D eigenvalue weighted by atomic mass is 9.99. The Morgan fingerprint density at radius 3 is 2.31 bits per heavy atom. The van der Waals surface area contributed by atoms with Gasteiger partial charge in [0.1, 0.15) is 12.4 Å². The summed E-state index contributed by atoms with van der Waals surface area (Å²) in [6.45, 7) is 14.8. The van der Waals surface area contributed by atoms with E-state index in [1.807, 2.05) is 32.1 Å². The molecule has 1 saturated heterocycles. The minimum atomic E-state index is -0.271. The molecule has 1 fully saturated rings. The van der Waals surface area contributed by atoms with Crippen LogP contribution in [0, 0.1) is 11.8 Å². The predicted molar refractivity (Wildman–Crippen MR) is 144 cm³/mol. The number of unbranched alkanes of at least 4 members (excludes halogenated alkanes) is 1. The van der Waals surface area contributed by atoms with Gasteiger partial charge in [-0.25, -0.2) is 4.79 Å². The normalized spacial score (nSPS) is 18.1. The number of nitrogens with zero attached hydrogens (tertiary/aromatic N) is 1. The van der Waals surface area contributed by atoms with Gasteiger partial charge in [-0.1, -0.05) is 45.4 Å². The highest BCUT2D eigenvalue weighted by atomic mass is 16.5. The average Bonchev–Trinajstić information content (AvgIpc) is 3.19. The first kappa shape index (κ1) is 26.8. The van der Waals surface area contributed by atoms with Crippen LogP contribution in [-0.2, 0) is 14.3 Å². The maximum absolute atomic E-state index is 12.3. The van der Waals surface area contributed by atoms with Gasteiger partial charge in [0.2, 0.25) is 0 Å². The number of hydrogen-bond donors (Lipinski definition) is 0. The first-order chi connectivity index (χ1) is 16.9. The lowest BCUT2D eigenvalue weighted by molar-refractivity contribution is -0.138. The van der Waals surface area contributed by atoms with Crippen LogP contribution in [0.3, 0.4) is 0 Å². The highest BCUT2D eigenvalue weighted by Crippen LogP contribution is 2.34. The fraction of sp³-hybridized carbons (Fsp3) is 0.500. The average molecular weight is 480 g/mol. The molecule has 2 unspecified atom stereocenters. The van der Waals surface area contributed by atoms with Crippen molar-refractivity contribution in [2.24, 2.45) is 11.8 Å². The molecular weight excluding hydrogens is 438 g/mol. The summed E-state index contributed by atoms with van der Waals surface area (Å²) >= 11 is 0. The summed E-state index contributed by atoms with van der Waals surface area (Å²) in [5.74, 6) is 1.85. The van der Waals surface area contributed by atoms with E-state index < -0.39 is 0 Å². The molecule has 0 N–H and O–H groups in total. The minimum Gasteiger partial charge on any atom is -0.491 e. The first-order valence-corrected chi connectivity index (χ1v) is 13.0. The van der Waals surface area contributed by atoms with E-state index in [-0.39, 0.29) is 5.97 Å². The van der Waals surface area contributed by atoms with Crippen molar-refractivity contribution in [3.8, 4) is 16.9 Å². The van der Waals surface area contributed by atoms with Crippen molar-refractivity contribution < 1.29 is 19.0 Å². The Kier molecular flexibility index (Phi) is 10.2. The smallest absolute Gasteiger partial charge is 0.333 e. The molecule has 0 aromatic heterocycles. The van der Waals surface area contributed by atoms with Gasteiger partial charge in [0.05, 0.1) is 13.2 Å². The van der Waals surface area contributed by atoms with Gasteiger partial charge < -0.3 is 19.1 Å². The molecule has 0 spiro atoms. The van der Waals surface area contributed by atoms with Crippen LogP contribution in [0.5, 0.6) is 5.75 Å². The first-order valence-electron chi connectivity index (χ1n) is 13.0. The topological polar surface area (TPSA) is 48.0 Å². The fourth-order valence-corrected chi connectivity index (χ4v) is 4.31. The Bertz CT molecular complexity index is 972. The van der Waals surface area contributed by atoms with Crippen LogP contribution in [0.1, 0.15) is 53.0 Å². The standard InChI is InChI=1S/C30H41NO4/c1-6-8-15-33-16-17-35-28-12-9-25(10-13-28)26-11-14-29(31-20-23(4)24(5)21-31)27(19-26)18-22(3)30(32)34-7-2/h9-14,18-19,23-24H,6-8,15-17,20-21H2,1-5H3/b22-18+. The molecule has 2 atom stereocenters. The van der Waals surface area contributed by atoms with Gasteiger partial charge in [-0.3, -0.25) is 0 Å². The van der Waals surface area contributed by atoms with E-state index in [0.29, 0.717) is 37.2 Å². The van der Waals surface area contributed by atoms with Crippen LogP contribution >= 0.6 is 0 Å². The summed E-state index contributed by atoms with van der Waals surface area (Å²) < 4.78 is 16.6. The second kappa shape index (κ2) is 13.3. The Labute approximate surface area is 211 Å². The number of esters is 1. The summed E-state index contributed by atoms with van der Waals surface area (Å²) in [4.78, 5) is 14.7. The number of rotatable bonds is 12. The van der Waals surface area contributed by atoms with Crippen LogP contribution in [-0.4, -0.2) is 45.5 Å². The highest BCUT2D eigenvalue weighted by molar-refractivity contribution is 5.94. The summed E-state index contributed by atoms with van der Waals surface area (Å²) in [5.41, 5.74) is 5.02. The van der Waals surface area contributed by atoms with Crippen LogP contribution in [0.25, 0.3) is 17.2 Å². The molecule has 2 aromatic rings. The summed E-state index contributed by atoms with van der Waals surface area (Å²) in [5, 5.41) is 0. The molecule has 5 heteroatoms. The van der Waals surface area contributed by atoms with E-state index in [1.165, 1.54) is 0 Å². The zero-order valence-corrected chi connectivity index (χ0v) is 22.0. The SMILES string of the molecule is CCCCOCCOc1ccc(-c2ccc(N3CC(C)C(C)C3)c(/C=C(\C)C(=O)OCC)c2)cc1. The van der Waals surface area contributed by atoms with Crippen molar-refractivity contribution in [3.05, 3.63) is 53.6 Å². The molecule has 0 amide bonds. The van der Waals surface area contributed by atoms with Gasteiger partial charge in [0.15, 0.2) is 0 Å². The summed E-state index contributed by atoms with van der Waals surface area (Å²) in [6, 6.07) is 14.7. The molecule has 5 nitrogen and oxygen atoms in total. The van der Waals surface area contributed by atoms with Gasteiger partial charge in [-0.2, -0.15) is 0 Å². The molecular formula is C30H41NO4. The molecule has 1 aliphatic heterocycles. The lowest BCUT2D eigenvalue weighted by Gasteiger charge is -2.22. The van der Waals surface area contributed by atoms with Crippen LogP contribution in [0.4, 0.5) is 5.69 Å². The number of benzene rings is 2. The molecule has 0 saturated carbocycles. The fourth-order valence-electron chi connectivity index (χ4n) is 4.31. The highest BCUT2D eigenvalue weighted by Gasteiger charge is 2.27. The van der Waals surface area contributed by atoms with E-state index in [0.717, 1.165) is 60.7 Å². The third kappa shape index (κ3) is 7.60. The van der Waals surface area contributed by atoms with Gasteiger partial charge in [0, 0.05) is 31.0 Å². The number of carbonyl (C=O) groups is 1. The van der Waals surface area contributed by atoms with E-state index in [2.05, 4.69) is 56.0 Å². The number of carbonyl (C=O) groups excluding carboxylic acids is 1. The van der Waals surface area contributed by atoms with Crippen molar-refractivity contribution in [1.82, 2.24) is 0 Å². The third-order valence-electron chi connectivity index (χ3n) is 6.65. The Balaban J connectivity index is 1.78. The Hall–Kier alpha value is -2.79. The number of anilines is 1. The number of hydrogen-bond acceptors (Lipinski definition) is 5. The van der Waals surface area contributed by atoms with Gasteiger partial charge in [-0.05, 0) is 79.1 Å². The second-order valence-corrected chi connectivity index (χ2v) is 9.52. The second-order valence-electron chi connectivity index (χ2n) is 9.52. The largest absolute Gasteiger partial charge is 0.491 e. The molecule has 35 heavy (non-hydrogen) atoms. The summed E-state index contributed by atoms with van der Waals surface area (Å²) in [7, 11) is 0. The van der Waals surface area contributed by atoms with Crippen LogP contribution in [0.2, 0.25) is 0 Å². The maximum atomic E-state index is 12.3. The summed E-state index contributed by atoms with van der Waals surface area (Å²) in [6.07, 6.45) is 4.18. The predicted octanol–water partition coefficient (Wildman–Crippen LogP) is 6.61. The van der Waals surface area contributed by atoms with Crippen molar-refractivity contribution in [1.29, 1.82) is 0 Å². The number of ether oxygens (including phenoxy) is 3. The van der Waals surface area contributed by atoms with E-state index in [4.69, 9.17) is 14.2 Å². The Morgan fingerprint density at radius 2 is 1.66 bits per heavy atom. The van der Waals surface area contributed by atoms with Crippen molar-refractivity contribution in [2.45, 2.75) is 47.5 Å². The maximum Gasteiger partial charge on any atom is 0.333 e. The van der Waals surface area contributed by atoms with Gasteiger partial charge in [0.25, 0.3) is 0 Å². The molecule has 2 aromatic carbocycles. The zero-order chi connectivity index (χ0) is 25.2. The van der Waals surface area contributed by atoms with E-state index in [9.17, 15) is 4.79 Å². The van der Waals surface area contributed by atoms with E-state index in [1.54, 1.807) is 0 Å². The quantitative estimate of drug-likeness (QED) is 0.195. The monoisotopic (exact) mass is 479 g/mol. The van der Waals surface area contributed by atoms with Crippen LogP contribution in [0.15, 0.2) is 48.0 Å². The molecule has 190 valence electrons. The Morgan fingerprint density at radius 1 is 0.971 bits per heavy atom. The van der Waals surface area contributed by atoms with Crippen molar-refractivity contribution in [3.63, 3.8) is 0 Å². The molecule has 3 rings (SSSR count). The molecule has 0 aliphatic carbocycles. The van der Waals surface area contributed by atoms with Crippen LogP contribution < -0.4 is 9.64 Å². The molecule has 0 bridgehead atoms. The van der Waals surface area contributed by atoms with Gasteiger partial charge >= 0.3 is 5.97 Å². The lowest BCUT2D eigenvalue weighted by Crippen LogP contribution is -2.20. The molecule has 0 radical (unpaired) electrons. The van der Waals surface area contributed by atoms with Crippen molar-refractivity contribution >= 4 is 17.7 Å². The van der Waals surface area contributed by atoms with Crippen molar-refractivity contribution in [2.75, 3.05) is 44.4 Å². The zero-order valence-electron chi connectivity index (χ0n) is 22.0. The van der Waals surface area contributed by atoms with Gasteiger partial charge in [-0.15, -0.1) is 0 Å². The molecule has 1 aliphatic rings. The molecule has 1 heterocycles. The third-order valence-corrected chi connectivity index (χ3v) is 6.65. The van der Waals surface area contributed by atoms with E-state index >= 15 is 0 Å². The minimum absolute atomic E-state index is 0.271.